The number of aromatic nitrogens is 4. The second-order valence-electron chi connectivity index (χ2n) is 5.99. The van der Waals surface area contributed by atoms with Crippen molar-refractivity contribution in [3.63, 3.8) is 0 Å². The lowest BCUT2D eigenvalue weighted by Gasteiger charge is -2.11. The SMILES string of the molecule is COc1cc(/C=C/C(=O)Nc2ccc(OC)c(-n3nnnc3C)c2)cc(OC)c1. The highest BCUT2D eigenvalue weighted by Crippen LogP contribution is 2.27. The number of methoxy groups -OCH3 is 3. The molecule has 0 fully saturated rings. The maximum Gasteiger partial charge on any atom is 0.248 e. The number of nitrogens with zero attached hydrogens (tertiary/aromatic N) is 4. The van der Waals surface area contributed by atoms with Crippen molar-refractivity contribution in [3.05, 3.63) is 53.9 Å². The van der Waals surface area contributed by atoms with Crippen LogP contribution in [0.15, 0.2) is 42.5 Å². The van der Waals surface area contributed by atoms with Gasteiger partial charge in [-0.05, 0) is 59.3 Å². The Bertz CT molecular complexity index is 1020. The van der Waals surface area contributed by atoms with Gasteiger partial charge in [0.25, 0.3) is 0 Å². The lowest BCUT2D eigenvalue weighted by molar-refractivity contribution is -0.111. The molecule has 3 rings (SSSR count). The Hall–Kier alpha value is -3.88. The minimum atomic E-state index is -0.295. The van der Waals surface area contributed by atoms with E-state index in [-0.39, 0.29) is 5.91 Å². The molecule has 0 atom stereocenters. The maximum absolute atomic E-state index is 12.4. The van der Waals surface area contributed by atoms with Crippen LogP contribution in [-0.2, 0) is 4.79 Å². The van der Waals surface area contributed by atoms with Crippen molar-refractivity contribution in [1.29, 1.82) is 0 Å². The molecule has 1 aromatic heterocycles. The van der Waals surface area contributed by atoms with Gasteiger partial charge >= 0.3 is 0 Å². The minimum absolute atomic E-state index is 0.295. The first-order valence-electron chi connectivity index (χ1n) is 8.69. The number of carbonyl (C=O) groups is 1. The van der Waals surface area contributed by atoms with E-state index in [1.54, 1.807) is 70.7 Å². The largest absolute Gasteiger partial charge is 0.497 e. The Morgan fingerprint density at radius 1 is 1.03 bits per heavy atom. The van der Waals surface area contributed by atoms with Gasteiger partial charge in [0.05, 0.1) is 21.3 Å². The molecule has 1 heterocycles. The van der Waals surface area contributed by atoms with Crippen LogP contribution in [0.4, 0.5) is 5.69 Å². The van der Waals surface area contributed by atoms with Gasteiger partial charge in [-0.15, -0.1) is 5.10 Å². The van der Waals surface area contributed by atoms with E-state index < -0.39 is 0 Å². The number of amides is 1. The molecule has 0 saturated carbocycles. The standard InChI is InChI=1S/C20H21N5O4/c1-13-22-23-24-25(13)18-11-15(6-7-19(18)29-4)21-20(26)8-5-14-9-16(27-2)12-17(10-14)28-3/h5-12H,1-4H3,(H,21,26)/b8-5+. The fourth-order valence-corrected chi connectivity index (χ4v) is 2.67. The van der Waals surface area contributed by atoms with Crippen LogP contribution >= 0.6 is 0 Å². The third-order valence-electron chi connectivity index (χ3n) is 4.10. The van der Waals surface area contributed by atoms with Gasteiger partial charge in [-0.2, -0.15) is 4.68 Å². The number of rotatable bonds is 7. The molecule has 0 bridgehead atoms. The molecule has 9 nitrogen and oxygen atoms in total. The summed E-state index contributed by atoms with van der Waals surface area (Å²) >= 11 is 0. The lowest BCUT2D eigenvalue weighted by atomic mass is 10.2. The monoisotopic (exact) mass is 395 g/mol. The summed E-state index contributed by atoms with van der Waals surface area (Å²) in [4.78, 5) is 12.4. The Labute approximate surface area is 167 Å². The van der Waals surface area contributed by atoms with E-state index in [2.05, 4.69) is 20.8 Å². The maximum atomic E-state index is 12.4. The lowest BCUT2D eigenvalue weighted by Crippen LogP contribution is -2.09. The molecule has 2 aromatic carbocycles. The fourth-order valence-electron chi connectivity index (χ4n) is 2.67. The molecule has 29 heavy (non-hydrogen) atoms. The van der Waals surface area contributed by atoms with Crippen LogP contribution in [0, 0.1) is 6.92 Å². The number of aryl methyl sites for hydroxylation is 1. The molecular formula is C20H21N5O4. The smallest absolute Gasteiger partial charge is 0.248 e. The fraction of sp³-hybridized carbons (Fsp3) is 0.200. The molecule has 0 aliphatic rings. The van der Waals surface area contributed by atoms with E-state index in [1.165, 1.54) is 10.8 Å². The second-order valence-corrected chi connectivity index (χ2v) is 5.99. The van der Waals surface area contributed by atoms with Crippen molar-refractivity contribution in [2.75, 3.05) is 26.6 Å². The Balaban J connectivity index is 1.79. The predicted octanol–water partition coefficient (Wildman–Crippen LogP) is 2.65. The number of carbonyl (C=O) groups excluding carboxylic acids is 1. The van der Waals surface area contributed by atoms with Crippen LogP contribution in [0.2, 0.25) is 0 Å². The second kappa shape index (κ2) is 8.87. The Morgan fingerprint density at radius 3 is 2.34 bits per heavy atom. The molecule has 3 aromatic rings. The van der Waals surface area contributed by atoms with Gasteiger partial charge < -0.3 is 19.5 Å². The number of benzene rings is 2. The van der Waals surface area contributed by atoms with Crippen molar-refractivity contribution < 1.29 is 19.0 Å². The normalized spacial score (nSPS) is 10.8. The number of anilines is 1. The van der Waals surface area contributed by atoms with Crippen LogP contribution in [-0.4, -0.2) is 47.4 Å². The zero-order valence-electron chi connectivity index (χ0n) is 16.5. The van der Waals surface area contributed by atoms with Gasteiger partial charge in [-0.25, -0.2) is 0 Å². The van der Waals surface area contributed by atoms with Crippen molar-refractivity contribution >= 4 is 17.7 Å². The van der Waals surface area contributed by atoms with Crippen LogP contribution in [0.1, 0.15) is 11.4 Å². The highest BCUT2D eigenvalue weighted by Gasteiger charge is 2.12. The third kappa shape index (κ3) is 4.70. The highest BCUT2D eigenvalue weighted by molar-refractivity contribution is 6.02. The summed E-state index contributed by atoms with van der Waals surface area (Å²) in [5.74, 6) is 2.16. The first-order chi connectivity index (χ1) is 14.0. The van der Waals surface area contributed by atoms with Gasteiger partial charge in [-0.3, -0.25) is 4.79 Å². The van der Waals surface area contributed by atoms with Crippen LogP contribution in [0.5, 0.6) is 17.2 Å². The Morgan fingerprint density at radius 2 is 1.76 bits per heavy atom. The van der Waals surface area contributed by atoms with Gasteiger partial charge in [0, 0.05) is 17.8 Å². The molecule has 0 aliphatic heterocycles. The summed E-state index contributed by atoms with van der Waals surface area (Å²) in [6.07, 6.45) is 3.11. The number of tetrazole rings is 1. The first kappa shape index (κ1) is 19.9. The zero-order chi connectivity index (χ0) is 20.8. The predicted molar refractivity (Wildman–Crippen MR) is 108 cm³/mol. The number of hydrogen-bond donors (Lipinski definition) is 1. The molecular weight excluding hydrogens is 374 g/mol. The van der Waals surface area contributed by atoms with E-state index in [0.29, 0.717) is 34.4 Å². The van der Waals surface area contributed by atoms with Crippen molar-refractivity contribution in [2.45, 2.75) is 6.92 Å². The van der Waals surface area contributed by atoms with E-state index in [1.807, 2.05) is 0 Å². The molecule has 0 spiro atoms. The van der Waals surface area contributed by atoms with E-state index in [0.717, 1.165) is 5.56 Å². The highest BCUT2D eigenvalue weighted by atomic mass is 16.5. The van der Waals surface area contributed by atoms with E-state index in [9.17, 15) is 4.79 Å². The third-order valence-corrected chi connectivity index (χ3v) is 4.10. The molecule has 0 saturated heterocycles. The number of ether oxygens (including phenoxy) is 3. The molecule has 1 amide bonds. The molecule has 9 heteroatoms. The molecule has 0 aliphatic carbocycles. The van der Waals surface area contributed by atoms with Gasteiger partial charge in [0.15, 0.2) is 5.82 Å². The van der Waals surface area contributed by atoms with Crippen LogP contribution in [0.3, 0.4) is 0 Å². The van der Waals surface area contributed by atoms with Gasteiger partial charge in [0.1, 0.15) is 22.9 Å². The summed E-state index contributed by atoms with van der Waals surface area (Å²) in [6.45, 7) is 1.77. The summed E-state index contributed by atoms with van der Waals surface area (Å²) in [6, 6.07) is 10.6. The summed E-state index contributed by atoms with van der Waals surface area (Å²) in [5, 5.41) is 14.3. The van der Waals surface area contributed by atoms with Crippen LogP contribution in [0.25, 0.3) is 11.8 Å². The average Bonchev–Trinajstić information content (AvgIpc) is 3.17. The number of nitrogens with one attached hydrogen (secondary N) is 1. The van der Waals surface area contributed by atoms with Crippen molar-refractivity contribution in [3.8, 4) is 22.9 Å². The average molecular weight is 395 g/mol. The van der Waals surface area contributed by atoms with E-state index >= 15 is 0 Å². The Kier molecular flexibility index (Phi) is 6.08. The number of hydrogen-bond acceptors (Lipinski definition) is 7. The summed E-state index contributed by atoms with van der Waals surface area (Å²) < 4.78 is 17.4. The van der Waals surface area contributed by atoms with Crippen LogP contribution < -0.4 is 19.5 Å². The van der Waals surface area contributed by atoms with Crippen molar-refractivity contribution in [1.82, 2.24) is 20.2 Å². The first-order valence-corrected chi connectivity index (χ1v) is 8.69. The van der Waals surface area contributed by atoms with Gasteiger partial charge in [0.2, 0.25) is 5.91 Å². The topological polar surface area (TPSA) is 100 Å². The molecule has 0 unspecified atom stereocenters. The van der Waals surface area contributed by atoms with Crippen molar-refractivity contribution in [2.24, 2.45) is 0 Å². The molecule has 150 valence electrons. The molecule has 0 radical (unpaired) electrons. The van der Waals surface area contributed by atoms with Gasteiger partial charge in [-0.1, -0.05) is 0 Å². The zero-order valence-corrected chi connectivity index (χ0v) is 16.5. The molecule has 1 N–H and O–H groups in total. The quantitative estimate of drug-likeness (QED) is 0.614. The van der Waals surface area contributed by atoms with E-state index in [4.69, 9.17) is 14.2 Å². The summed E-state index contributed by atoms with van der Waals surface area (Å²) in [7, 11) is 4.70. The summed E-state index contributed by atoms with van der Waals surface area (Å²) in [5.41, 5.74) is 1.97. The minimum Gasteiger partial charge on any atom is -0.497 e.